The van der Waals surface area contributed by atoms with Gasteiger partial charge in [-0.05, 0) is 51.8 Å². The van der Waals surface area contributed by atoms with Crippen LogP contribution in [-0.4, -0.2) is 17.0 Å². The molecule has 2 N–H and O–H groups in total. The van der Waals surface area contributed by atoms with Crippen molar-refractivity contribution < 1.29 is 32.6 Å². The Morgan fingerprint density at radius 1 is 1.19 bits per heavy atom. The summed E-state index contributed by atoms with van der Waals surface area (Å²) in [4.78, 5) is 22.9. The Bertz CT molecular complexity index is 868. The summed E-state index contributed by atoms with van der Waals surface area (Å²) in [7, 11) is 0. The predicted octanol–water partition coefficient (Wildman–Crippen LogP) is 5.09. The minimum absolute atomic E-state index is 0.0632. The van der Waals surface area contributed by atoms with Crippen LogP contribution in [0.3, 0.4) is 0 Å². The van der Waals surface area contributed by atoms with Crippen molar-refractivity contribution >= 4 is 33.5 Å². The van der Waals surface area contributed by atoms with Crippen molar-refractivity contribution in [2.75, 3.05) is 5.32 Å². The average Bonchev–Trinajstić information content (AvgIpc) is 2.60. The third kappa shape index (κ3) is 5.46. The molecule has 0 spiro atoms. The first kappa shape index (κ1) is 20.8. The molecule has 0 saturated heterocycles. The van der Waals surface area contributed by atoms with Crippen molar-refractivity contribution in [1.29, 1.82) is 0 Å². The molecule has 0 aliphatic rings. The van der Waals surface area contributed by atoms with E-state index in [0.717, 1.165) is 12.1 Å². The van der Waals surface area contributed by atoms with Gasteiger partial charge in [0.05, 0.1) is 21.3 Å². The molecule has 1 amide bonds. The molecule has 0 aromatic heterocycles. The van der Waals surface area contributed by atoms with Crippen molar-refractivity contribution in [2.45, 2.75) is 26.1 Å². The summed E-state index contributed by atoms with van der Waals surface area (Å²) in [5.41, 5.74) is -0.280. The van der Waals surface area contributed by atoms with Gasteiger partial charge in [-0.3, -0.25) is 4.79 Å². The molecule has 0 bridgehead atoms. The molecule has 2 rings (SSSR count). The van der Waals surface area contributed by atoms with E-state index in [1.807, 2.05) is 0 Å². The lowest BCUT2D eigenvalue weighted by atomic mass is 10.1. The number of nitrogens with one attached hydrogen (secondary N) is 1. The number of rotatable bonds is 6. The molecule has 0 saturated carbocycles. The molecule has 9 heteroatoms. The molecule has 0 aliphatic carbocycles. The molecule has 27 heavy (non-hydrogen) atoms. The highest BCUT2D eigenvalue weighted by molar-refractivity contribution is 9.10. The number of ether oxygens (including phenoxy) is 1. The first-order valence-electron chi connectivity index (χ1n) is 7.77. The highest BCUT2D eigenvalue weighted by Crippen LogP contribution is 2.35. The van der Waals surface area contributed by atoms with Gasteiger partial charge < -0.3 is 15.2 Å². The molecule has 0 unspecified atom stereocenters. The number of benzene rings is 2. The van der Waals surface area contributed by atoms with Crippen LogP contribution in [0.1, 0.15) is 34.8 Å². The summed E-state index contributed by atoms with van der Waals surface area (Å²) < 4.78 is 43.6. The molecule has 0 fully saturated rings. The fourth-order valence-electron chi connectivity index (χ4n) is 2.16. The Balaban J connectivity index is 2.17. The van der Waals surface area contributed by atoms with Crippen LogP contribution in [0, 0.1) is 0 Å². The van der Waals surface area contributed by atoms with Crippen molar-refractivity contribution in [3.8, 4) is 5.75 Å². The summed E-state index contributed by atoms with van der Waals surface area (Å²) in [6, 6.07) is 7.33. The molecule has 0 atom stereocenters. The van der Waals surface area contributed by atoms with Gasteiger partial charge in [-0.25, -0.2) is 4.79 Å². The maximum absolute atomic E-state index is 12.7. The molecule has 2 aromatic carbocycles. The number of alkyl halides is 3. The Labute approximate surface area is 161 Å². The van der Waals surface area contributed by atoms with Gasteiger partial charge in [-0.15, -0.1) is 0 Å². The van der Waals surface area contributed by atoms with Gasteiger partial charge in [0.25, 0.3) is 0 Å². The van der Waals surface area contributed by atoms with E-state index in [9.17, 15) is 27.9 Å². The fraction of sp³-hybridized carbons (Fsp3) is 0.222. The smallest absolute Gasteiger partial charge is 0.416 e. The monoisotopic (exact) mass is 445 g/mol. The third-order valence-electron chi connectivity index (χ3n) is 3.56. The van der Waals surface area contributed by atoms with Crippen LogP contribution >= 0.6 is 15.9 Å². The standard InChI is InChI=1S/C18H15BrF3NO4/c1-2-16(24)23-14-5-3-10(7-12(14)17(25)26)9-27-15-6-4-11(8-13(15)19)18(20,21)22/h3-8H,2,9H2,1H3,(H,23,24)(H,25,26). The van der Waals surface area contributed by atoms with Gasteiger partial charge in [0.1, 0.15) is 12.4 Å². The number of carbonyl (C=O) groups excluding carboxylic acids is 1. The number of aromatic carboxylic acids is 1. The second kappa shape index (κ2) is 8.43. The van der Waals surface area contributed by atoms with Crippen LogP contribution in [-0.2, 0) is 17.6 Å². The first-order chi connectivity index (χ1) is 12.6. The van der Waals surface area contributed by atoms with Gasteiger partial charge >= 0.3 is 12.1 Å². The number of hydrogen-bond donors (Lipinski definition) is 2. The quantitative estimate of drug-likeness (QED) is 0.648. The van der Waals surface area contributed by atoms with Crippen LogP contribution in [0.4, 0.5) is 18.9 Å². The second-order valence-electron chi connectivity index (χ2n) is 5.52. The van der Waals surface area contributed by atoms with Crippen molar-refractivity contribution in [3.63, 3.8) is 0 Å². The summed E-state index contributed by atoms with van der Waals surface area (Å²) in [5, 5.41) is 11.8. The lowest BCUT2D eigenvalue weighted by Gasteiger charge is -2.13. The van der Waals surface area contributed by atoms with Crippen molar-refractivity contribution in [3.05, 3.63) is 57.6 Å². The highest BCUT2D eigenvalue weighted by atomic mass is 79.9. The summed E-state index contributed by atoms with van der Waals surface area (Å²) in [6.45, 7) is 1.58. The molecule has 144 valence electrons. The summed E-state index contributed by atoms with van der Waals surface area (Å²) >= 11 is 3.03. The summed E-state index contributed by atoms with van der Waals surface area (Å²) in [6.07, 6.45) is -4.26. The van der Waals surface area contributed by atoms with Crippen LogP contribution < -0.4 is 10.1 Å². The minimum Gasteiger partial charge on any atom is -0.488 e. The second-order valence-corrected chi connectivity index (χ2v) is 6.37. The average molecular weight is 446 g/mol. The Morgan fingerprint density at radius 3 is 2.44 bits per heavy atom. The van der Waals surface area contributed by atoms with Gasteiger partial charge in [-0.2, -0.15) is 13.2 Å². The molecule has 0 aliphatic heterocycles. The number of hydrogen-bond acceptors (Lipinski definition) is 3. The highest BCUT2D eigenvalue weighted by Gasteiger charge is 2.31. The number of amides is 1. The first-order valence-corrected chi connectivity index (χ1v) is 8.56. The molecule has 5 nitrogen and oxygen atoms in total. The van der Waals surface area contributed by atoms with E-state index in [1.54, 1.807) is 13.0 Å². The lowest BCUT2D eigenvalue weighted by Crippen LogP contribution is -2.13. The van der Waals surface area contributed by atoms with E-state index >= 15 is 0 Å². The van der Waals surface area contributed by atoms with E-state index < -0.39 is 17.7 Å². The zero-order valence-electron chi connectivity index (χ0n) is 14.1. The number of anilines is 1. The topological polar surface area (TPSA) is 75.6 Å². The van der Waals surface area contributed by atoms with Gasteiger partial charge in [0.2, 0.25) is 5.91 Å². The van der Waals surface area contributed by atoms with Crippen LogP contribution in [0.5, 0.6) is 5.75 Å². The maximum Gasteiger partial charge on any atom is 0.416 e. The number of halogens is 4. The number of carboxylic acid groups (broad SMARTS) is 1. The van der Waals surface area contributed by atoms with Gasteiger partial charge in [0, 0.05) is 6.42 Å². The van der Waals surface area contributed by atoms with Crippen molar-refractivity contribution in [2.24, 2.45) is 0 Å². The summed E-state index contributed by atoms with van der Waals surface area (Å²) in [5.74, 6) is -1.36. The van der Waals surface area contributed by atoms with E-state index in [4.69, 9.17) is 4.74 Å². The molecule has 0 radical (unpaired) electrons. The number of carbonyl (C=O) groups is 2. The van der Waals surface area contributed by atoms with Crippen LogP contribution in [0.25, 0.3) is 0 Å². The third-order valence-corrected chi connectivity index (χ3v) is 4.18. The Kier molecular flexibility index (Phi) is 6.48. The van der Waals surface area contributed by atoms with Crippen LogP contribution in [0.15, 0.2) is 40.9 Å². The zero-order chi connectivity index (χ0) is 20.2. The SMILES string of the molecule is CCC(=O)Nc1ccc(COc2ccc(C(F)(F)F)cc2Br)cc1C(=O)O. The van der Waals surface area contributed by atoms with Crippen LogP contribution in [0.2, 0.25) is 0 Å². The van der Waals surface area contributed by atoms with Gasteiger partial charge in [-0.1, -0.05) is 13.0 Å². The number of carboxylic acids is 1. The van der Waals surface area contributed by atoms with E-state index in [2.05, 4.69) is 21.2 Å². The largest absolute Gasteiger partial charge is 0.488 e. The normalized spacial score (nSPS) is 11.1. The lowest BCUT2D eigenvalue weighted by molar-refractivity contribution is -0.137. The van der Waals surface area contributed by atoms with E-state index in [-0.39, 0.29) is 40.4 Å². The molecular weight excluding hydrogens is 431 g/mol. The van der Waals surface area contributed by atoms with E-state index in [0.29, 0.717) is 5.56 Å². The Morgan fingerprint density at radius 2 is 1.89 bits per heavy atom. The predicted molar refractivity (Wildman–Crippen MR) is 95.8 cm³/mol. The zero-order valence-corrected chi connectivity index (χ0v) is 15.6. The maximum atomic E-state index is 12.7. The minimum atomic E-state index is -4.46. The molecule has 0 heterocycles. The van der Waals surface area contributed by atoms with E-state index in [1.165, 1.54) is 18.2 Å². The molecule has 2 aromatic rings. The molecular formula is C18H15BrF3NO4. The fourth-order valence-corrected chi connectivity index (χ4v) is 2.65. The van der Waals surface area contributed by atoms with Crippen molar-refractivity contribution in [1.82, 2.24) is 0 Å². The van der Waals surface area contributed by atoms with Gasteiger partial charge in [0.15, 0.2) is 0 Å². The Hall–Kier alpha value is -2.55.